The number of nitrogens with zero attached hydrogens (tertiary/aromatic N) is 2. The van der Waals surface area contributed by atoms with Gasteiger partial charge in [0.2, 0.25) is 0 Å². The molecule has 0 radical (unpaired) electrons. The Morgan fingerprint density at radius 3 is 2.87 bits per heavy atom. The minimum atomic E-state index is -0.415. The average molecular weight is 458 g/mol. The van der Waals surface area contributed by atoms with Crippen molar-refractivity contribution in [3.05, 3.63) is 69.6 Å². The predicted molar refractivity (Wildman–Crippen MR) is 130 cm³/mol. The first-order chi connectivity index (χ1) is 15.0. The Bertz CT molecular complexity index is 1040. The van der Waals surface area contributed by atoms with Crippen molar-refractivity contribution in [3.63, 3.8) is 0 Å². The zero-order chi connectivity index (χ0) is 22.2. The fourth-order valence-corrected chi connectivity index (χ4v) is 4.31. The lowest BCUT2D eigenvalue weighted by Crippen LogP contribution is -2.26. The maximum Gasteiger partial charge on any atom is 0.328 e. The summed E-state index contributed by atoms with van der Waals surface area (Å²) in [5, 5.41) is 6.91. The molecule has 3 aromatic rings. The van der Waals surface area contributed by atoms with E-state index in [0.717, 1.165) is 51.9 Å². The van der Waals surface area contributed by atoms with Gasteiger partial charge in [-0.15, -0.1) is 11.3 Å². The number of nitrogens with one attached hydrogen (secondary N) is 1. The Balaban J connectivity index is 1.86. The number of ether oxygens (including phenoxy) is 1. The van der Waals surface area contributed by atoms with E-state index in [4.69, 9.17) is 16.3 Å². The van der Waals surface area contributed by atoms with E-state index in [2.05, 4.69) is 33.9 Å². The molecule has 164 valence electrons. The van der Waals surface area contributed by atoms with E-state index < -0.39 is 6.04 Å². The van der Waals surface area contributed by atoms with Crippen molar-refractivity contribution in [3.8, 4) is 0 Å². The lowest BCUT2D eigenvalue weighted by molar-refractivity contribution is -0.141. The van der Waals surface area contributed by atoms with Gasteiger partial charge in [0, 0.05) is 17.0 Å². The molecule has 0 aliphatic heterocycles. The molecule has 0 saturated carbocycles. The van der Waals surface area contributed by atoms with Gasteiger partial charge in [-0.1, -0.05) is 43.1 Å². The number of benzene rings is 1. The number of carbonyl (C=O) groups excluding carboxylic acids is 1. The predicted octanol–water partition coefficient (Wildman–Crippen LogP) is 6.13. The minimum Gasteiger partial charge on any atom is -0.467 e. The fraction of sp³-hybridized carbons (Fsp3) is 0.333. The molecule has 1 N–H and O–H groups in total. The third kappa shape index (κ3) is 5.99. The maximum absolute atomic E-state index is 11.7. The lowest BCUT2D eigenvalue weighted by atomic mass is 10.2. The number of unbranched alkanes of at least 4 members (excludes halogenated alkanes) is 1. The Kier molecular flexibility index (Phi) is 8.32. The standard InChI is InChI=1S/C24H28ClN3O2S/c1-4-5-10-22-26-15-20(28(22)16-19-8-6-7-9-21(19)25)12-11-18-13-14-31-23(18)27-17(2)24(29)30-3/h6-9,11-15,17,27H,4-5,10,16H2,1-3H3/b12-11+. The molecule has 1 aromatic carbocycles. The Hall–Kier alpha value is -2.57. The SMILES string of the molecule is CCCCc1ncc(/C=C/c2ccsc2NC(C)C(=O)OC)n1Cc1ccccc1Cl. The van der Waals surface area contributed by atoms with Gasteiger partial charge in [-0.05, 0) is 48.6 Å². The number of hydrogen-bond acceptors (Lipinski definition) is 5. The van der Waals surface area contributed by atoms with Crippen molar-refractivity contribution >= 4 is 46.1 Å². The van der Waals surface area contributed by atoms with Gasteiger partial charge in [0.1, 0.15) is 11.9 Å². The number of halogens is 1. The number of thiophene rings is 1. The summed E-state index contributed by atoms with van der Waals surface area (Å²) in [6, 6.07) is 9.53. The Labute approximate surface area is 192 Å². The van der Waals surface area contributed by atoms with Gasteiger partial charge in [-0.25, -0.2) is 9.78 Å². The van der Waals surface area contributed by atoms with Crippen LogP contribution in [0, 0.1) is 0 Å². The number of aryl methyl sites for hydroxylation is 1. The second-order valence-corrected chi connectivity index (χ2v) is 8.63. The number of imidazole rings is 1. The summed E-state index contributed by atoms with van der Waals surface area (Å²) in [4.78, 5) is 16.4. The third-order valence-corrected chi connectivity index (χ3v) is 6.27. The summed E-state index contributed by atoms with van der Waals surface area (Å²) < 4.78 is 7.04. The molecule has 0 bridgehead atoms. The average Bonchev–Trinajstić information content (AvgIpc) is 3.38. The van der Waals surface area contributed by atoms with Crippen LogP contribution >= 0.6 is 22.9 Å². The third-order valence-electron chi connectivity index (χ3n) is 5.04. The van der Waals surface area contributed by atoms with Crippen molar-refractivity contribution in [2.24, 2.45) is 0 Å². The maximum atomic E-state index is 11.7. The summed E-state index contributed by atoms with van der Waals surface area (Å²) in [7, 11) is 1.39. The van der Waals surface area contributed by atoms with Crippen LogP contribution in [0.3, 0.4) is 0 Å². The largest absolute Gasteiger partial charge is 0.467 e. The highest BCUT2D eigenvalue weighted by Gasteiger charge is 2.15. The van der Waals surface area contributed by atoms with Crippen LogP contribution in [0.5, 0.6) is 0 Å². The highest BCUT2D eigenvalue weighted by Crippen LogP contribution is 2.27. The monoisotopic (exact) mass is 457 g/mol. The van der Waals surface area contributed by atoms with Crippen LogP contribution in [0.25, 0.3) is 12.2 Å². The van der Waals surface area contributed by atoms with E-state index in [9.17, 15) is 4.79 Å². The summed E-state index contributed by atoms with van der Waals surface area (Å²) >= 11 is 7.97. The first-order valence-corrected chi connectivity index (χ1v) is 11.7. The van der Waals surface area contributed by atoms with Gasteiger partial charge in [0.25, 0.3) is 0 Å². The van der Waals surface area contributed by atoms with Crippen LogP contribution in [0.4, 0.5) is 5.00 Å². The number of methoxy groups -OCH3 is 1. The van der Waals surface area contributed by atoms with Gasteiger partial charge in [-0.2, -0.15) is 0 Å². The van der Waals surface area contributed by atoms with Crippen LogP contribution in [0.15, 0.2) is 41.9 Å². The van der Waals surface area contributed by atoms with E-state index in [1.54, 1.807) is 18.3 Å². The molecular weight excluding hydrogens is 430 g/mol. The van der Waals surface area contributed by atoms with Crippen molar-refractivity contribution in [2.45, 2.75) is 45.7 Å². The van der Waals surface area contributed by atoms with E-state index in [1.165, 1.54) is 7.11 Å². The van der Waals surface area contributed by atoms with Crippen molar-refractivity contribution < 1.29 is 9.53 Å². The van der Waals surface area contributed by atoms with Crippen LogP contribution in [-0.2, 0) is 22.5 Å². The number of rotatable bonds is 10. The normalized spacial score (nSPS) is 12.3. The molecule has 2 aromatic heterocycles. The fourth-order valence-electron chi connectivity index (χ4n) is 3.25. The minimum absolute atomic E-state index is 0.290. The molecule has 0 spiro atoms. The van der Waals surface area contributed by atoms with Gasteiger partial charge >= 0.3 is 5.97 Å². The molecule has 1 unspecified atom stereocenters. The van der Waals surface area contributed by atoms with Crippen LogP contribution in [0.1, 0.15) is 49.3 Å². The molecule has 0 amide bonds. The van der Waals surface area contributed by atoms with Crippen LogP contribution < -0.4 is 5.32 Å². The molecule has 3 rings (SSSR count). The van der Waals surface area contributed by atoms with E-state index in [-0.39, 0.29) is 5.97 Å². The molecule has 0 fully saturated rings. The van der Waals surface area contributed by atoms with Gasteiger partial charge in [0.05, 0.1) is 30.5 Å². The second kappa shape index (κ2) is 11.2. The lowest BCUT2D eigenvalue weighted by Gasteiger charge is -2.13. The van der Waals surface area contributed by atoms with E-state index >= 15 is 0 Å². The zero-order valence-electron chi connectivity index (χ0n) is 18.1. The summed E-state index contributed by atoms with van der Waals surface area (Å²) in [6.07, 6.45) is 9.16. The number of hydrogen-bond donors (Lipinski definition) is 1. The summed E-state index contributed by atoms with van der Waals surface area (Å²) in [6.45, 7) is 4.65. The first-order valence-electron chi connectivity index (χ1n) is 10.4. The molecule has 7 heteroatoms. The summed E-state index contributed by atoms with van der Waals surface area (Å²) in [5.74, 6) is 0.770. The molecule has 2 heterocycles. The molecule has 31 heavy (non-hydrogen) atoms. The highest BCUT2D eigenvalue weighted by molar-refractivity contribution is 7.14. The van der Waals surface area contributed by atoms with E-state index in [0.29, 0.717) is 6.54 Å². The molecule has 1 atom stereocenters. The van der Waals surface area contributed by atoms with Crippen LogP contribution in [-0.4, -0.2) is 28.7 Å². The Morgan fingerprint density at radius 1 is 1.32 bits per heavy atom. The van der Waals surface area contributed by atoms with Crippen molar-refractivity contribution in [1.29, 1.82) is 0 Å². The molecule has 0 saturated heterocycles. The topological polar surface area (TPSA) is 56.1 Å². The van der Waals surface area contributed by atoms with Crippen LogP contribution in [0.2, 0.25) is 5.02 Å². The van der Waals surface area contributed by atoms with Crippen molar-refractivity contribution in [2.75, 3.05) is 12.4 Å². The highest BCUT2D eigenvalue weighted by atomic mass is 35.5. The number of esters is 1. The van der Waals surface area contributed by atoms with Gasteiger partial charge in [-0.3, -0.25) is 0 Å². The smallest absolute Gasteiger partial charge is 0.328 e. The zero-order valence-corrected chi connectivity index (χ0v) is 19.7. The first kappa shape index (κ1) is 23.1. The second-order valence-electron chi connectivity index (χ2n) is 7.31. The molecular formula is C24H28ClN3O2S. The number of anilines is 1. The van der Waals surface area contributed by atoms with Gasteiger partial charge in [0.15, 0.2) is 0 Å². The molecule has 0 aliphatic carbocycles. The van der Waals surface area contributed by atoms with E-state index in [1.807, 2.05) is 41.9 Å². The van der Waals surface area contributed by atoms with Crippen molar-refractivity contribution in [1.82, 2.24) is 9.55 Å². The quantitative estimate of drug-likeness (QED) is 0.372. The summed E-state index contributed by atoms with van der Waals surface area (Å²) in [5.41, 5.74) is 3.10. The number of carbonyl (C=O) groups is 1. The number of aromatic nitrogens is 2. The molecule has 0 aliphatic rings. The Morgan fingerprint density at radius 2 is 2.13 bits per heavy atom. The van der Waals surface area contributed by atoms with Gasteiger partial charge < -0.3 is 14.6 Å². The molecule has 5 nitrogen and oxygen atoms in total.